The number of carbonyl (C=O) groups is 1. The molecule has 0 bridgehead atoms. The molecule has 1 aliphatic heterocycles. The highest BCUT2D eigenvalue weighted by Crippen LogP contribution is 2.41. The number of hydrogen-bond acceptors (Lipinski definition) is 4. The second-order valence-corrected chi connectivity index (χ2v) is 6.93. The van der Waals surface area contributed by atoms with E-state index in [4.69, 9.17) is 9.47 Å². The van der Waals surface area contributed by atoms with Gasteiger partial charge in [0.15, 0.2) is 0 Å². The van der Waals surface area contributed by atoms with Crippen LogP contribution in [0.2, 0.25) is 0 Å². The van der Waals surface area contributed by atoms with E-state index in [1.807, 2.05) is 12.1 Å². The van der Waals surface area contributed by atoms with Crippen molar-refractivity contribution in [3.63, 3.8) is 0 Å². The molecule has 2 fully saturated rings. The summed E-state index contributed by atoms with van der Waals surface area (Å²) in [6.07, 6.45) is 5.14. The Hall–Kier alpha value is -1.59. The highest BCUT2D eigenvalue weighted by atomic mass is 16.5. The van der Waals surface area contributed by atoms with Crippen molar-refractivity contribution in [1.29, 1.82) is 0 Å². The average Bonchev–Trinajstić information content (AvgIpc) is 3.11. The zero-order valence-corrected chi connectivity index (χ0v) is 14.5. The summed E-state index contributed by atoms with van der Waals surface area (Å²) in [5.41, 5.74) is 1.32. The van der Waals surface area contributed by atoms with E-state index >= 15 is 0 Å². The molecule has 5 nitrogen and oxygen atoms in total. The van der Waals surface area contributed by atoms with E-state index in [0.717, 1.165) is 31.7 Å². The first-order valence-corrected chi connectivity index (χ1v) is 8.94. The SMILES string of the molecule is COc1cccc(C2(CNC(=O)CC3COCCN3)CCCC2)c1. The van der Waals surface area contributed by atoms with E-state index in [-0.39, 0.29) is 17.4 Å². The molecule has 1 saturated heterocycles. The second-order valence-electron chi connectivity index (χ2n) is 6.93. The third-order valence-electron chi connectivity index (χ3n) is 5.30. The van der Waals surface area contributed by atoms with Gasteiger partial charge in [-0.3, -0.25) is 4.79 Å². The summed E-state index contributed by atoms with van der Waals surface area (Å²) in [7, 11) is 1.70. The molecule has 132 valence electrons. The van der Waals surface area contributed by atoms with Gasteiger partial charge in [-0.2, -0.15) is 0 Å². The molecule has 1 unspecified atom stereocenters. The maximum Gasteiger partial charge on any atom is 0.221 e. The molecule has 1 aromatic carbocycles. The van der Waals surface area contributed by atoms with Crippen LogP contribution < -0.4 is 15.4 Å². The summed E-state index contributed by atoms with van der Waals surface area (Å²) in [5, 5.41) is 6.51. The Morgan fingerprint density at radius 2 is 2.25 bits per heavy atom. The first kappa shape index (κ1) is 17.2. The summed E-state index contributed by atoms with van der Waals surface area (Å²) >= 11 is 0. The molecule has 3 rings (SSSR count). The van der Waals surface area contributed by atoms with Crippen LogP contribution in [0.1, 0.15) is 37.7 Å². The van der Waals surface area contributed by atoms with Crippen LogP contribution >= 0.6 is 0 Å². The number of methoxy groups -OCH3 is 1. The summed E-state index contributed by atoms with van der Waals surface area (Å²) in [5.74, 6) is 0.987. The van der Waals surface area contributed by atoms with Crippen LogP contribution in [0.15, 0.2) is 24.3 Å². The van der Waals surface area contributed by atoms with Gasteiger partial charge in [-0.1, -0.05) is 25.0 Å². The van der Waals surface area contributed by atoms with Gasteiger partial charge in [0, 0.05) is 31.0 Å². The van der Waals surface area contributed by atoms with E-state index in [2.05, 4.69) is 22.8 Å². The molecule has 2 aliphatic rings. The van der Waals surface area contributed by atoms with Gasteiger partial charge in [-0.05, 0) is 30.5 Å². The highest BCUT2D eigenvalue weighted by molar-refractivity contribution is 5.76. The summed E-state index contributed by atoms with van der Waals surface area (Å²) in [6.45, 7) is 2.88. The van der Waals surface area contributed by atoms with Gasteiger partial charge in [0.05, 0.1) is 20.3 Å². The molecule has 1 amide bonds. The number of rotatable bonds is 6. The minimum atomic E-state index is 0.0424. The molecule has 1 heterocycles. The molecular weight excluding hydrogens is 304 g/mol. The van der Waals surface area contributed by atoms with Crippen molar-refractivity contribution in [3.05, 3.63) is 29.8 Å². The Balaban J connectivity index is 1.62. The normalized spacial score (nSPS) is 23.0. The molecule has 0 spiro atoms. The van der Waals surface area contributed by atoms with E-state index in [1.165, 1.54) is 18.4 Å². The quantitative estimate of drug-likeness (QED) is 0.836. The van der Waals surface area contributed by atoms with Crippen molar-refractivity contribution < 1.29 is 14.3 Å². The van der Waals surface area contributed by atoms with Crippen LogP contribution in [0.25, 0.3) is 0 Å². The van der Waals surface area contributed by atoms with Crippen LogP contribution in [-0.2, 0) is 14.9 Å². The third-order valence-corrected chi connectivity index (χ3v) is 5.30. The average molecular weight is 332 g/mol. The van der Waals surface area contributed by atoms with E-state index in [1.54, 1.807) is 7.11 Å². The number of nitrogens with one attached hydrogen (secondary N) is 2. The molecule has 24 heavy (non-hydrogen) atoms. The van der Waals surface area contributed by atoms with Crippen molar-refractivity contribution in [2.45, 2.75) is 43.6 Å². The Kier molecular flexibility index (Phi) is 5.74. The Bertz CT molecular complexity index is 549. The lowest BCUT2D eigenvalue weighted by molar-refractivity contribution is -0.122. The van der Waals surface area contributed by atoms with Crippen molar-refractivity contribution in [3.8, 4) is 5.75 Å². The molecule has 1 aromatic rings. The lowest BCUT2D eigenvalue weighted by Crippen LogP contribution is -2.46. The number of morpholine rings is 1. The zero-order chi connectivity index (χ0) is 16.8. The number of benzene rings is 1. The van der Waals surface area contributed by atoms with Gasteiger partial charge in [0.1, 0.15) is 5.75 Å². The molecule has 0 aromatic heterocycles. The van der Waals surface area contributed by atoms with E-state index in [0.29, 0.717) is 19.6 Å². The largest absolute Gasteiger partial charge is 0.497 e. The fraction of sp³-hybridized carbons (Fsp3) is 0.632. The molecule has 2 N–H and O–H groups in total. The van der Waals surface area contributed by atoms with Crippen molar-refractivity contribution in [2.24, 2.45) is 0 Å². The summed E-state index contributed by atoms with van der Waals surface area (Å²) < 4.78 is 10.8. The van der Waals surface area contributed by atoms with Crippen molar-refractivity contribution in [1.82, 2.24) is 10.6 Å². The van der Waals surface area contributed by atoms with Crippen LogP contribution in [0.3, 0.4) is 0 Å². The second kappa shape index (κ2) is 7.99. The maximum atomic E-state index is 12.3. The monoisotopic (exact) mass is 332 g/mol. The predicted octanol–water partition coefficient (Wildman–Crippen LogP) is 2.00. The minimum Gasteiger partial charge on any atom is -0.497 e. The summed E-state index contributed by atoms with van der Waals surface area (Å²) in [4.78, 5) is 12.3. The van der Waals surface area contributed by atoms with Crippen molar-refractivity contribution in [2.75, 3.05) is 33.4 Å². The minimum absolute atomic E-state index is 0.0424. The molecule has 1 saturated carbocycles. The molecule has 5 heteroatoms. The molecule has 0 radical (unpaired) electrons. The first-order chi connectivity index (χ1) is 11.7. The Morgan fingerprint density at radius 3 is 2.96 bits per heavy atom. The number of hydrogen-bond donors (Lipinski definition) is 2. The van der Waals surface area contributed by atoms with E-state index < -0.39 is 0 Å². The van der Waals surface area contributed by atoms with Crippen LogP contribution in [0.5, 0.6) is 5.75 Å². The van der Waals surface area contributed by atoms with Gasteiger partial charge < -0.3 is 20.1 Å². The smallest absolute Gasteiger partial charge is 0.221 e. The number of ether oxygens (including phenoxy) is 2. The fourth-order valence-corrected chi connectivity index (χ4v) is 3.89. The number of amides is 1. The summed E-state index contributed by atoms with van der Waals surface area (Å²) in [6, 6.07) is 8.43. The zero-order valence-electron chi connectivity index (χ0n) is 14.5. The molecular formula is C19H28N2O3. The van der Waals surface area contributed by atoms with Gasteiger partial charge in [-0.15, -0.1) is 0 Å². The Labute approximate surface area is 144 Å². The van der Waals surface area contributed by atoms with Crippen molar-refractivity contribution >= 4 is 5.91 Å². The number of carbonyl (C=O) groups excluding carboxylic acids is 1. The lowest BCUT2D eigenvalue weighted by Gasteiger charge is -2.31. The predicted molar refractivity (Wildman–Crippen MR) is 93.4 cm³/mol. The van der Waals surface area contributed by atoms with E-state index in [9.17, 15) is 4.79 Å². The Morgan fingerprint density at radius 1 is 1.42 bits per heavy atom. The van der Waals surface area contributed by atoms with Crippen LogP contribution in [0, 0.1) is 0 Å². The van der Waals surface area contributed by atoms with Gasteiger partial charge in [0.25, 0.3) is 0 Å². The standard InChI is InChI=1S/C19H28N2O3/c1-23-17-6-4-5-15(11-17)19(7-2-3-8-19)14-21-18(22)12-16-13-24-10-9-20-16/h4-6,11,16,20H,2-3,7-10,12-14H2,1H3,(H,21,22). The van der Waals surface area contributed by atoms with Gasteiger partial charge in [-0.25, -0.2) is 0 Å². The van der Waals surface area contributed by atoms with Crippen LogP contribution in [0.4, 0.5) is 0 Å². The third kappa shape index (κ3) is 4.08. The highest BCUT2D eigenvalue weighted by Gasteiger charge is 2.36. The van der Waals surface area contributed by atoms with Gasteiger partial charge >= 0.3 is 0 Å². The molecule has 1 aliphatic carbocycles. The first-order valence-electron chi connectivity index (χ1n) is 8.94. The molecule has 1 atom stereocenters. The van der Waals surface area contributed by atoms with Gasteiger partial charge in [0.2, 0.25) is 5.91 Å². The topological polar surface area (TPSA) is 59.6 Å². The lowest BCUT2D eigenvalue weighted by atomic mass is 9.78. The fourth-order valence-electron chi connectivity index (χ4n) is 3.89. The van der Waals surface area contributed by atoms with Crippen LogP contribution in [-0.4, -0.2) is 45.4 Å². The maximum absolute atomic E-state index is 12.3.